The van der Waals surface area contributed by atoms with Gasteiger partial charge in [0.2, 0.25) is 5.91 Å². The van der Waals surface area contributed by atoms with Crippen LogP contribution in [0.1, 0.15) is 11.1 Å². The molecule has 0 saturated carbocycles. The van der Waals surface area contributed by atoms with Crippen molar-refractivity contribution in [2.75, 3.05) is 11.9 Å². The molecule has 0 aliphatic carbocycles. The molecule has 0 saturated heterocycles. The fourth-order valence-corrected chi connectivity index (χ4v) is 4.45. The summed E-state index contributed by atoms with van der Waals surface area (Å²) in [5.41, 5.74) is 4.42. The van der Waals surface area contributed by atoms with E-state index in [0.29, 0.717) is 21.3 Å². The van der Waals surface area contributed by atoms with Gasteiger partial charge in [-0.15, -0.1) is 0 Å². The van der Waals surface area contributed by atoms with Crippen molar-refractivity contribution in [2.45, 2.75) is 6.42 Å². The number of hydrogen-bond donors (Lipinski definition) is 2. The summed E-state index contributed by atoms with van der Waals surface area (Å²) in [6, 6.07) is 21.5. The zero-order valence-electron chi connectivity index (χ0n) is 19.1. The molecule has 0 aliphatic rings. The lowest BCUT2D eigenvalue weighted by Crippen LogP contribution is -2.20. The molecule has 0 radical (unpaired) electrons. The maximum atomic E-state index is 12.4. The molecule has 4 aromatic carbocycles. The number of benzene rings is 4. The van der Waals surface area contributed by atoms with Crippen LogP contribution < -0.4 is 15.5 Å². The molecule has 0 spiro atoms. The van der Waals surface area contributed by atoms with Gasteiger partial charge in [0.1, 0.15) is 0 Å². The van der Waals surface area contributed by atoms with Crippen LogP contribution >= 0.6 is 46.4 Å². The normalized spacial score (nSPS) is 11.0. The van der Waals surface area contributed by atoms with Gasteiger partial charge >= 0.3 is 0 Å². The van der Waals surface area contributed by atoms with Gasteiger partial charge in [-0.25, -0.2) is 5.43 Å². The number of hydrazone groups is 1. The number of nitrogens with zero attached hydrogens (tertiary/aromatic N) is 1. The Morgan fingerprint density at radius 1 is 0.811 bits per heavy atom. The number of rotatable bonds is 8. The molecule has 6 nitrogen and oxygen atoms in total. The first-order chi connectivity index (χ1) is 17.8. The predicted molar refractivity (Wildman–Crippen MR) is 150 cm³/mol. The fraction of sp³-hybridized carbons (Fsp3) is 0.0741. The number of fused-ring (bicyclic) bond motifs is 1. The van der Waals surface area contributed by atoms with Crippen molar-refractivity contribution in [3.63, 3.8) is 0 Å². The summed E-state index contributed by atoms with van der Waals surface area (Å²) in [7, 11) is 0. The largest absolute Gasteiger partial charge is 0.481 e. The second kappa shape index (κ2) is 12.3. The van der Waals surface area contributed by atoms with E-state index >= 15 is 0 Å². The quantitative estimate of drug-likeness (QED) is 0.173. The number of carbonyl (C=O) groups is 2. The van der Waals surface area contributed by atoms with E-state index in [1.165, 1.54) is 12.3 Å². The van der Waals surface area contributed by atoms with Gasteiger partial charge < -0.3 is 10.1 Å². The standard InChI is InChI=1S/C27H19Cl4N3O3/c28-21-9-8-19(13-22(21)29)33-26(36)15-37-27-23(30)10-16(11-24(27)31)14-32-34-25(35)12-18-6-3-5-17-4-1-2-7-20(17)18/h1-11,13-14H,12,15H2,(H,33,36)(H,34,35)/b32-14+. The van der Waals surface area contributed by atoms with Gasteiger partial charge in [-0.1, -0.05) is 88.9 Å². The van der Waals surface area contributed by atoms with Crippen LogP contribution in [0.4, 0.5) is 5.69 Å². The molecule has 4 rings (SSSR count). The molecule has 37 heavy (non-hydrogen) atoms. The lowest BCUT2D eigenvalue weighted by molar-refractivity contribution is -0.120. The summed E-state index contributed by atoms with van der Waals surface area (Å²) in [6.45, 7) is -0.336. The van der Waals surface area contributed by atoms with Crippen molar-refractivity contribution in [3.05, 3.63) is 104 Å². The first-order valence-electron chi connectivity index (χ1n) is 11.0. The number of nitrogens with one attached hydrogen (secondary N) is 2. The number of anilines is 1. The Bertz CT molecular complexity index is 1480. The van der Waals surface area contributed by atoms with Crippen LogP contribution in [0.25, 0.3) is 10.8 Å². The zero-order chi connectivity index (χ0) is 26.4. The number of ether oxygens (including phenoxy) is 1. The maximum absolute atomic E-state index is 12.4. The number of amides is 2. The SMILES string of the molecule is O=C(Cc1cccc2ccccc12)N/N=C/c1cc(Cl)c(OCC(=O)Nc2ccc(Cl)c(Cl)c2)c(Cl)c1. The van der Waals surface area contributed by atoms with Crippen LogP contribution in [-0.2, 0) is 16.0 Å². The highest BCUT2D eigenvalue weighted by molar-refractivity contribution is 6.42. The molecule has 2 N–H and O–H groups in total. The maximum Gasteiger partial charge on any atom is 0.262 e. The molecule has 188 valence electrons. The third kappa shape index (κ3) is 7.14. The summed E-state index contributed by atoms with van der Waals surface area (Å²) in [5.74, 6) is -0.562. The Morgan fingerprint density at radius 2 is 1.54 bits per heavy atom. The van der Waals surface area contributed by atoms with Crippen LogP contribution in [-0.4, -0.2) is 24.6 Å². The van der Waals surface area contributed by atoms with Gasteiger partial charge in [0.15, 0.2) is 12.4 Å². The minimum absolute atomic E-state index is 0.143. The Kier molecular flexibility index (Phi) is 8.90. The Labute approximate surface area is 233 Å². The highest BCUT2D eigenvalue weighted by atomic mass is 35.5. The van der Waals surface area contributed by atoms with Crippen LogP contribution in [0.2, 0.25) is 20.1 Å². The summed E-state index contributed by atoms with van der Waals surface area (Å²) in [4.78, 5) is 24.6. The lowest BCUT2D eigenvalue weighted by Gasteiger charge is -2.11. The number of halogens is 4. The minimum atomic E-state index is -0.440. The second-order valence-corrected chi connectivity index (χ2v) is 9.52. The summed E-state index contributed by atoms with van der Waals surface area (Å²) < 4.78 is 5.51. The van der Waals surface area contributed by atoms with Crippen molar-refractivity contribution in [1.29, 1.82) is 0 Å². The molecular formula is C27H19Cl4N3O3. The van der Waals surface area contributed by atoms with Crippen LogP contribution in [0.3, 0.4) is 0 Å². The van der Waals surface area contributed by atoms with Crippen molar-refractivity contribution >= 4 is 80.9 Å². The van der Waals surface area contributed by atoms with Crippen LogP contribution in [0.5, 0.6) is 5.75 Å². The highest BCUT2D eigenvalue weighted by Crippen LogP contribution is 2.34. The summed E-state index contributed by atoms with van der Waals surface area (Å²) >= 11 is 24.4. The van der Waals surface area contributed by atoms with Gasteiger partial charge in [0.05, 0.1) is 32.7 Å². The molecule has 10 heteroatoms. The molecule has 0 fully saturated rings. The topological polar surface area (TPSA) is 79.8 Å². The second-order valence-electron chi connectivity index (χ2n) is 7.89. The minimum Gasteiger partial charge on any atom is -0.481 e. The lowest BCUT2D eigenvalue weighted by atomic mass is 10.0. The summed E-state index contributed by atoms with van der Waals surface area (Å²) in [6.07, 6.45) is 1.59. The Hall–Kier alpha value is -3.29. The predicted octanol–water partition coefficient (Wildman–Crippen LogP) is 7.16. The van der Waals surface area contributed by atoms with Gasteiger partial charge in [0, 0.05) is 5.69 Å². The number of hydrogen-bond acceptors (Lipinski definition) is 4. The van der Waals surface area contributed by atoms with Gasteiger partial charge in [0.25, 0.3) is 5.91 Å². The third-order valence-electron chi connectivity index (χ3n) is 5.21. The number of carbonyl (C=O) groups excluding carboxylic acids is 2. The molecular weight excluding hydrogens is 556 g/mol. The first kappa shape index (κ1) is 26.8. The van der Waals surface area contributed by atoms with Crippen molar-refractivity contribution in [1.82, 2.24) is 5.43 Å². The van der Waals surface area contributed by atoms with Gasteiger partial charge in [-0.05, 0) is 52.2 Å². The van der Waals surface area contributed by atoms with E-state index in [1.54, 1.807) is 24.3 Å². The third-order valence-corrected chi connectivity index (χ3v) is 6.51. The molecule has 0 aliphatic heterocycles. The van der Waals surface area contributed by atoms with Crippen molar-refractivity contribution < 1.29 is 14.3 Å². The van der Waals surface area contributed by atoms with Crippen LogP contribution in [0, 0.1) is 0 Å². The molecule has 0 unspecified atom stereocenters. The average Bonchev–Trinajstić information content (AvgIpc) is 2.86. The van der Waals surface area contributed by atoms with E-state index in [4.69, 9.17) is 51.1 Å². The van der Waals surface area contributed by atoms with E-state index in [2.05, 4.69) is 15.8 Å². The Morgan fingerprint density at radius 3 is 2.30 bits per heavy atom. The molecule has 4 aromatic rings. The van der Waals surface area contributed by atoms with E-state index in [0.717, 1.165) is 16.3 Å². The van der Waals surface area contributed by atoms with Gasteiger partial charge in [-0.3, -0.25) is 9.59 Å². The molecule has 0 bridgehead atoms. The summed E-state index contributed by atoms with van der Waals surface area (Å²) in [5, 5.41) is 9.77. The van der Waals surface area contributed by atoms with Crippen LogP contribution in [0.15, 0.2) is 77.9 Å². The van der Waals surface area contributed by atoms with Gasteiger partial charge in [-0.2, -0.15) is 5.10 Å². The van der Waals surface area contributed by atoms with E-state index in [1.807, 2.05) is 42.5 Å². The van der Waals surface area contributed by atoms with E-state index in [9.17, 15) is 9.59 Å². The fourth-order valence-electron chi connectivity index (χ4n) is 3.54. The highest BCUT2D eigenvalue weighted by Gasteiger charge is 2.13. The Balaban J connectivity index is 1.33. The van der Waals surface area contributed by atoms with Crippen molar-refractivity contribution in [3.8, 4) is 5.75 Å². The van der Waals surface area contributed by atoms with Crippen molar-refractivity contribution in [2.24, 2.45) is 5.10 Å². The molecule has 2 amide bonds. The smallest absolute Gasteiger partial charge is 0.262 e. The molecule has 0 heterocycles. The molecule has 0 aromatic heterocycles. The van der Waals surface area contributed by atoms with E-state index < -0.39 is 5.91 Å². The monoisotopic (exact) mass is 573 g/mol. The zero-order valence-corrected chi connectivity index (χ0v) is 22.1. The first-order valence-corrected chi connectivity index (χ1v) is 12.5. The van der Waals surface area contributed by atoms with E-state index in [-0.39, 0.29) is 34.7 Å². The molecule has 0 atom stereocenters. The average molecular weight is 575 g/mol.